The zero-order chi connectivity index (χ0) is 13.2. The number of benzene rings is 2. The van der Waals surface area contributed by atoms with Crippen molar-refractivity contribution in [2.45, 2.75) is 0 Å². The molecule has 19 heavy (non-hydrogen) atoms. The van der Waals surface area contributed by atoms with Gasteiger partial charge in [0.05, 0.1) is 5.69 Å². The first-order valence-electron chi connectivity index (χ1n) is 5.68. The summed E-state index contributed by atoms with van der Waals surface area (Å²) in [5, 5.41) is 7.97. The maximum absolute atomic E-state index is 13.9. The van der Waals surface area contributed by atoms with Crippen molar-refractivity contribution in [1.29, 1.82) is 0 Å². The third-order valence-corrected chi connectivity index (χ3v) is 2.99. The van der Waals surface area contributed by atoms with E-state index in [4.69, 9.17) is 11.6 Å². The lowest BCUT2D eigenvalue weighted by molar-refractivity contribution is 0.618. The van der Waals surface area contributed by atoms with E-state index in [1.54, 1.807) is 18.2 Å². The second kappa shape index (κ2) is 4.82. The Kier molecular flexibility index (Phi) is 3.01. The summed E-state index contributed by atoms with van der Waals surface area (Å²) < 4.78 is 15.4. The summed E-state index contributed by atoms with van der Waals surface area (Å²) in [5.41, 5.74) is 1.15. The summed E-state index contributed by atoms with van der Waals surface area (Å²) in [6.45, 7) is 0. The molecular weight excluding hydrogens is 265 g/mol. The highest BCUT2D eigenvalue weighted by Gasteiger charge is 2.16. The van der Waals surface area contributed by atoms with Gasteiger partial charge in [0.15, 0.2) is 5.82 Å². The summed E-state index contributed by atoms with van der Waals surface area (Å²) in [5.74, 6) is 0.136. The van der Waals surface area contributed by atoms with E-state index >= 15 is 0 Å². The first-order valence-corrected chi connectivity index (χ1v) is 6.06. The van der Waals surface area contributed by atoms with E-state index in [2.05, 4.69) is 10.2 Å². The SMILES string of the molecule is Fc1ccccc1-n1c(Cl)nnc1-c1ccccc1. The van der Waals surface area contributed by atoms with Gasteiger partial charge in [0.2, 0.25) is 5.28 Å². The number of hydrogen-bond donors (Lipinski definition) is 0. The summed E-state index contributed by atoms with van der Waals surface area (Å²) in [7, 11) is 0. The molecule has 0 amide bonds. The minimum Gasteiger partial charge on any atom is -0.263 e. The molecule has 0 unspecified atom stereocenters. The van der Waals surface area contributed by atoms with Gasteiger partial charge in [-0.2, -0.15) is 0 Å². The van der Waals surface area contributed by atoms with Gasteiger partial charge in [0.1, 0.15) is 5.82 Å². The molecule has 0 saturated carbocycles. The van der Waals surface area contributed by atoms with Crippen molar-refractivity contribution in [3.05, 3.63) is 65.7 Å². The van der Waals surface area contributed by atoms with E-state index in [0.717, 1.165) is 5.56 Å². The topological polar surface area (TPSA) is 30.7 Å². The maximum atomic E-state index is 13.9. The fourth-order valence-electron chi connectivity index (χ4n) is 1.89. The van der Waals surface area contributed by atoms with Crippen molar-refractivity contribution >= 4 is 11.6 Å². The Morgan fingerprint density at radius 3 is 2.32 bits per heavy atom. The quantitative estimate of drug-likeness (QED) is 0.712. The van der Waals surface area contributed by atoms with Crippen molar-refractivity contribution in [2.24, 2.45) is 0 Å². The number of hydrogen-bond acceptors (Lipinski definition) is 2. The average Bonchev–Trinajstić information content (AvgIpc) is 2.82. The van der Waals surface area contributed by atoms with Gasteiger partial charge >= 0.3 is 0 Å². The molecule has 5 heteroatoms. The highest BCUT2D eigenvalue weighted by molar-refractivity contribution is 6.28. The van der Waals surface area contributed by atoms with E-state index in [9.17, 15) is 4.39 Å². The Bertz CT molecular complexity index is 710. The highest BCUT2D eigenvalue weighted by atomic mass is 35.5. The highest BCUT2D eigenvalue weighted by Crippen LogP contribution is 2.26. The predicted octanol–water partition coefficient (Wildman–Crippen LogP) is 3.73. The van der Waals surface area contributed by atoms with Crippen LogP contribution in [0.25, 0.3) is 17.1 Å². The van der Waals surface area contributed by atoms with E-state index in [0.29, 0.717) is 11.5 Å². The van der Waals surface area contributed by atoms with E-state index in [1.165, 1.54) is 10.6 Å². The number of aromatic nitrogens is 3. The second-order valence-corrected chi connectivity index (χ2v) is 4.28. The van der Waals surface area contributed by atoms with Crippen molar-refractivity contribution in [3.8, 4) is 17.1 Å². The van der Waals surface area contributed by atoms with Crippen LogP contribution in [-0.2, 0) is 0 Å². The van der Waals surface area contributed by atoms with Crippen molar-refractivity contribution < 1.29 is 4.39 Å². The summed E-state index contributed by atoms with van der Waals surface area (Å²) in [4.78, 5) is 0. The van der Waals surface area contributed by atoms with Crippen LogP contribution in [0.1, 0.15) is 0 Å². The van der Waals surface area contributed by atoms with E-state index < -0.39 is 0 Å². The van der Waals surface area contributed by atoms with Crippen LogP contribution < -0.4 is 0 Å². The van der Waals surface area contributed by atoms with Crippen LogP contribution in [0.3, 0.4) is 0 Å². The Balaban J connectivity index is 2.23. The van der Waals surface area contributed by atoms with Crippen LogP contribution >= 0.6 is 11.6 Å². The smallest absolute Gasteiger partial charge is 0.230 e. The predicted molar refractivity (Wildman–Crippen MR) is 71.8 cm³/mol. The molecular formula is C14H9ClFN3. The zero-order valence-electron chi connectivity index (χ0n) is 9.79. The Morgan fingerprint density at radius 2 is 1.58 bits per heavy atom. The third kappa shape index (κ3) is 2.11. The first-order chi connectivity index (χ1) is 9.27. The van der Waals surface area contributed by atoms with Crippen LogP contribution in [0.2, 0.25) is 5.28 Å². The molecule has 1 aromatic heterocycles. The fourth-order valence-corrected chi connectivity index (χ4v) is 2.09. The molecule has 1 heterocycles. The Labute approximate surface area is 114 Å². The molecule has 0 bridgehead atoms. The molecule has 0 aliphatic heterocycles. The molecule has 94 valence electrons. The van der Waals surface area contributed by atoms with Crippen molar-refractivity contribution in [3.63, 3.8) is 0 Å². The van der Waals surface area contributed by atoms with Gasteiger partial charge in [0, 0.05) is 5.56 Å². The van der Waals surface area contributed by atoms with Crippen LogP contribution in [0, 0.1) is 5.82 Å². The molecule has 0 aliphatic rings. The lowest BCUT2D eigenvalue weighted by Gasteiger charge is -2.08. The number of nitrogens with zero attached hydrogens (tertiary/aromatic N) is 3. The molecule has 0 fully saturated rings. The van der Waals surface area contributed by atoms with Gasteiger partial charge in [-0.15, -0.1) is 10.2 Å². The molecule has 0 saturated heterocycles. The van der Waals surface area contributed by atoms with Crippen LogP contribution in [-0.4, -0.2) is 14.8 Å². The van der Waals surface area contributed by atoms with Crippen molar-refractivity contribution in [1.82, 2.24) is 14.8 Å². The monoisotopic (exact) mass is 273 g/mol. The number of para-hydroxylation sites is 1. The molecule has 0 aliphatic carbocycles. The van der Waals surface area contributed by atoms with E-state index in [-0.39, 0.29) is 11.1 Å². The zero-order valence-corrected chi connectivity index (χ0v) is 10.5. The molecule has 0 atom stereocenters. The second-order valence-electron chi connectivity index (χ2n) is 3.95. The van der Waals surface area contributed by atoms with Gasteiger partial charge in [-0.05, 0) is 23.7 Å². The van der Waals surface area contributed by atoms with Gasteiger partial charge in [0.25, 0.3) is 0 Å². The normalized spacial score (nSPS) is 10.6. The minimum absolute atomic E-state index is 0.129. The summed E-state index contributed by atoms with van der Waals surface area (Å²) >= 11 is 6.02. The van der Waals surface area contributed by atoms with Crippen LogP contribution in [0.5, 0.6) is 0 Å². The van der Waals surface area contributed by atoms with Gasteiger partial charge in [-0.25, -0.2) is 4.39 Å². The lowest BCUT2D eigenvalue weighted by atomic mass is 10.2. The largest absolute Gasteiger partial charge is 0.263 e. The molecule has 2 aromatic carbocycles. The standard InChI is InChI=1S/C14H9ClFN3/c15-14-18-17-13(10-6-2-1-3-7-10)19(14)12-9-5-4-8-11(12)16/h1-9H. The Hall–Kier alpha value is -2.20. The summed E-state index contributed by atoms with van der Waals surface area (Å²) in [6.07, 6.45) is 0. The molecule has 3 aromatic rings. The average molecular weight is 274 g/mol. The van der Waals surface area contributed by atoms with Gasteiger partial charge in [-0.3, -0.25) is 4.57 Å². The molecule has 0 radical (unpaired) electrons. The maximum Gasteiger partial charge on any atom is 0.230 e. The Morgan fingerprint density at radius 1 is 0.895 bits per heavy atom. The fraction of sp³-hybridized carbons (Fsp3) is 0. The lowest BCUT2D eigenvalue weighted by Crippen LogP contribution is -2.00. The van der Waals surface area contributed by atoms with Crippen molar-refractivity contribution in [2.75, 3.05) is 0 Å². The minimum atomic E-state index is -0.374. The molecule has 3 nitrogen and oxygen atoms in total. The first kappa shape index (κ1) is 11.9. The van der Waals surface area contributed by atoms with Gasteiger partial charge in [-0.1, -0.05) is 42.5 Å². The van der Waals surface area contributed by atoms with Crippen LogP contribution in [0.15, 0.2) is 54.6 Å². The third-order valence-electron chi connectivity index (χ3n) is 2.75. The molecule has 0 N–H and O–H groups in total. The summed E-state index contributed by atoms with van der Waals surface area (Å²) in [6, 6.07) is 15.8. The van der Waals surface area contributed by atoms with Gasteiger partial charge < -0.3 is 0 Å². The number of halogens is 2. The molecule has 0 spiro atoms. The van der Waals surface area contributed by atoms with E-state index in [1.807, 2.05) is 30.3 Å². The molecule has 3 rings (SSSR count). The van der Waals surface area contributed by atoms with Crippen LogP contribution in [0.4, 0.5) is 4.39 Å². The number of rotatable bonds is 2.